The van der Waals surface area contributed by atoms with E-state index in [0.717, 1.165) is 17.7 Å². The lowest BCUT2D eigenvalue weighted by atomic mass is 10.2. The van der Waals surface area contributed by atoms with Crippen LogP contribution in [0.1, 0.15) is 12.0 Å². The molecule has 1 atom stereocenters. The molecule has 0 saturated carbocycles. The largest absolute Gasteiger partial charge is 0.493 e. The molecule has 6 nitrogen and oxygen atoms in total. The maximum Gasteiger partial charge on any atom is 0.240 e. The Bertz CT molecular complexity index is 558. The highest BCUT2D eigenvalue weighted by molar-refractivity contribution is 7.89. The summed E-state index contributed by atoms with van der Waals surface area (Å²) in [6.07, 6.45) is 0.364. The Morgan fingerprint density at radius 3 is 3.05 bits per heavy atom. The zero-order valence-electron chi connectivity index (χ0n) is 11.3. The van der Waals surface area contributed by atoms with Gasteiger partial charge in [0.1, 0.15) is 5.75 Å². The highest BCUT2D eigenvalue weighted by Gasteiger charge is 2.19. The topological polar surface area (TPSA) is 84.9 Å². The smallest absolute Gasteiger partial charge is 0.240 e. The van der Waals surface area contributed by atoms with E-state index in [2.05, 4.69) is 4.72 Å². The Hall–Kier alpha value is -1.15. The van der Waals surface area contributed by atoms with Gasteiger partial charge in [-0.1, -0.05) is 0 Å². The summed E-state index contributed by atoms with van der Waals surface area (Å²) >= 11 is 0. The summed E-state index contributed by atoms with van der Waals surface area (Å²) in [5.41, 5.74) is 0.910. The number of hydrogen-bond donors (Lipinski definition) is 2. The van der Waals surface area contributed by atoms with Crippen LogP contribution in [-0.2, 0) is 21.2 Å². The van der Waals surface area contributed by atoms with Crippen molar-refractivity contribution in [2.24, 2.45) is 0 Å². The van der Waals surface area contributed by atoms with E-state index >= 15 is 0 Å². The molecule has 20 heavy (non-hydrogen) atoms. The molecule has 2 N–H and O–H groups in total. The number of aliphatic hydroxyl groups is 1. The number of rotatable bonds is 7. The predicted molar refractivity (Wildman–Crippen MR) is 73.3 cm³/mol. The van der Waals surface area contributed by atoms with E-state index in [1.54, 1.807) is 12.1 Å². The number of ether oxygens (including phenoxy) is 2. The van der Waals surface area contributed by atoms with Crippen molar-refractivity contribution >= 4 is 10.0 Å². The number of hydrogen-bond acceptors (Lipinski definition) is 5. The van der Waals surface area contributed by atoms with Crippen molar-refractivity contribution in [2.75, 3.05) is 26.9 Å². The van der Waals surface area contributed by atoms with Crippen LogP contribution >= 0.6 is 0 Å². The van der Waals surface area contributed by atoms with Gasteiger partial charge in [0.15, 0.2) is 0 Å². The summed E-state index contributed by atoms with van der Waals surface area (Å²) in [5.74, 6) is 0.750. The van der Waals surface area contributed by atoms with E-state index in [1.807, 2.05) is 0 Å². The van der Waals surface area contributed by atoms with Crippen LogP contribution in [-0.4, -0.2) is 46.5 Å². The summed E-state index contributed by atoms with van der Waals surface area (Å²) in [4.78, 5) is 0.225. The second-order valence-electron chi connectivity index (χ2n) is 4.66. The third kappa shape index (κ3) is 3.69. The van der Waals surface area contributed by atoms with Crippen molar-refractivity contribution in [1.29, 1.82) is 0 Å². The van der Waals surface area contributed by atoms with Crippen LogP contribution in [0.15, 0.2) is 23.1 Å². The summed E-state index contributed by atoms with van der Waals surface area (Å²) in [7, 11) is -2.06. The molecule has 0 aliphatic carbocycles. The first-order valence-electron chi connectivity index (χ1n) is 6.45. The van der Waals surface area contributed by atoms with Crippen LogP contribution in [0.25, 0.3) is 0 Å². The molecule has 0 spiro atoms. The van der Waals surface area contributed by atoms with Gasteiger partial charge in [-0.25, -0.2) is 13.1 Å². The van der Waals surface area contributed by atoms with E-state index in [-0.39, 0.29) is 18.0 Å². The summed E-state index contributed by atoms with van der Waals surface area (Å²) in [6.45, 7) is 0.952. The Labute approximate surface area is 118 Å². The second kappa shape index (κ2) is 6.53. The van der Waals surface area contributed by atoms with Crippen LogP contribution in [0.5, 0.6) is 5.75 Å². The van der Waals surface area contributed by atoms with Crippen LogP contribution in [0, 0.1) is 0 Å². The lowest BCUT2D eigenvalue weighted by molar-refractivity contribution is 0.0603. The SMILES string of the molecule is COCC(O)CCNS(=O)(=O)c1ccc2c(c1)CCO2. The fraction of sp³-hybridized carbons (Fsp3) is 0.538. The average Bonchev–Trinajstić information content (AvgIpc) is 2.86. The van der Waals surface area contributed by atoms with Crippen LogP contribution in [0.3, 0.4) is 0 Å². The Balaban J connectivity index is 1.96. The Morgan fingerprint density at radius 1 is 1.50 bits per heavy atom. The Kier molecular flexibility index (Phi) is 4.98. The van der Waals surface area contributed by atoms with Gasteiger partial charge in [-0.05, 0) is 30.2 Å². The van der Waals surface area contributed by atoms with Gasteiger partial charge in [0.05, 0.1) is 24.2 Å². The van der Waals surface area contributed by atoms with Crippen LogP contribution in [0.2, 0.25) is 0 Å². The molecule has 2 rings (SSSR count). The fourth-order valence-electron chi connectivity index (χ4n) is 2.05. The number of fused-ring (bicyclic) bond motifs is 1. The molecule has 0 aromatic heterocycles. The van der Waals surface area contributed by atoms with Gasteiger partial charge in [-0.3, -0.25) is 0 Å². The molecule has 112 valence electrons. The van der Waals surface area contributed by atoms with E-state index in [9.17, 15) is 13.5 Å². The molecule has 1 aliphatic heterocycles. The van der Waals surface area contributed by atoms with Gasteiger partial charge in [0, 0.05) is 20.1 Å². The molecular weight excluding hydrogens is 282 g/mol. The minimum atomic E-state index is -3.55. The first kappa shape index (κ1) is 15.2. The minimum absolute atomic E-state index is 0.167. The molecule has 0 radical (unpaired) electrons. The summed E-state index contributed by atoms with van der Waals surface area (Å²) in [5, 5.41) is 9.47. The zero-order chi connectivity index (χ0) is 14.6. The molecule has 1 aromatic carbocycles. The van der Waals surface area contributed by atoms with Crippen molar-refractivity contribution in [3.63, 3.8) is 0 Å². The third-order valence-electron chi connectivity index (χ3n) is 3.10. The monoisotopic (exact) mass is 301 g/mol. The van der Waals surface area contributed by atoms with E-state index < -0.39 is 16.1 Å². The van der Waals surface area contributed by atoms with Crippen LogP contribution in [0.4, 0.5) is 0 Å². The average molecular weight is 301 g/mol. The highest BCUT2D eigenvalue weighted by Crippen LogP contribution is 2.27. The quantitative estimate of drug-likeness (QED) is 0.756. The Morgan fingerprint density at radius 2 is 2.30 bits per heavy atom. The number of benzene rings is 1. The highest BCUT2D eigenvalue weighted by atomic mass is 32.2. The maximum absolute atomic E-state index is 12.1. The van der Waals surface area contributed by atoms with Gasteiger partial charge < -0.3 is 14.6 Å². The van der Waals surface area contributed by atoms with Gasteiger partial charge in [0.2, 0.25) is 10.0 Å². The van der Waals surface area contributed by atoms with Gasteiger partial charge >= 0.3 is 0 Å². The van der Waals surface area contributed by atoms with Crippen molar-refractivity contribution in [1.82, 2.24) is 4.72 Å². The second-order valence-corrected chi connectivity index (χ2v) is 6.43. The van der Waals surface area contributed by atoms with E-state index in [1.165, 1.54) is 13.2 Å². The molecular formula is C13H19NO5S. The van der Waals surface area contributed by atoms with Crippen molar-refractivity contribution in [3.05, 3.63) is 23.8 Å². The fourth-order valence-corrected chi connectivity index (χ4v) is 3.15. The normalized spacial score (nSPS) is 15.7. The van der Waals surface area contributed by atoms with Gasteiger partial charge in [-0.15, -0.1) is 0 Å². The molecule has 0 saturated heterocycles. The zero-order valence-corrected chi connectivity index (χ0v) is 12.1. The molecule has 0 fully saturated rings. The molecule has 1 aromatic rings. The van der Waals surface area contributed by atoms with E-state index in [4.69, 9.17) is 9.47 Å². The molecule has 1 aliphatic rings. The molecule has 0 bridgehead atoms. The van der Waals surface area contributed by atoms with Crippen LogP contribution < -0.4 is 9.46 Å². The molecule has 1 heterocycles. The first-order valence-corrected chi connectivity index (χ1v) is 7.93. The molecule has 0 amide bonds. The summed E-state index contributed by atoms with van der Waals surface area (Å²) in [6, 6.07) is 4.84. The standard InChI is InChI=1S/C13H19NO5S/c1-18-9-11(15)4-6-14-20(16,17)12-2-3-13-10(8-12)5-7-19-13/h2-3,8,11,14-15H,4-7,9H2,1H3. The lowest BCUT2D eigenvalue weighted by Gasteiger charge is -2.11. The number of nitrogens with one attached hydrogen (secondary N) is 1. The van der Waals surface area contributed by atoms with E-state index in [0.29, 0.717) is 13.0 Å². The number of aliphatic hydroxyl groups excluding tert-OH is 1. The van der Waals surface area contributed by atoms with Crippen molar-refractivity contribution < 1.29 is 23.0 Å². The first-order chi connectivity index (χ1) is 9.53. The molecule has 1 unspecified atom stereocenters. The molecule has 7 heteroatoms. The predicted octanol–water partition coefficient (Wildman–Crippen LogP) is 0.297. The lowest BCUT2D eigenvalue weighted by Crippen LogP contribution is -2.28. The van der Waals surface area contributed by atoms with Gasteiger partial charge in [-0.2, -0.15) is 0 Å². The van der Waals surface area contributed by atoms with Crippen molar-refractivity contribution in [2.45, 2.75) is 23.8 Å². The third-order valence-corrected chi connectivity index (χ3v) is 4.56. The van der Waals surface area contributed by atoms with Gasteiger partial charge in [0.25, 0.3) is 0 Å². The summed E-state index contributed by atoms with van der Waals surface area (Å²) < 4.78 is 36.8. The minimum Gasteiger partial charge on any atom is -0.493 e. The number of methoxy groups -OCH3 is 1. The van der Waals surface area contributed by atoms with Crippen molar-refractivity contribution in [3.8, 4) is 5.75 Å². The number of sulfonamides is 1. The maximum atomic E-state index is 12.1.